The highest BCUT2D eigenvalue weighted by atomic mass is 19.1. The first-order valence-corrected chi connectivity index (χ1v) is 11.1. The van der Waals surface area contributed by atoms with E-state index in [0.717, 1.165) is 5.56 Å². The Morgan fingerprint density at radius 3 is 2.69 bits per heavy atom. The SMILES string of the molecule is Cn1cc(-c2cn3nccc3c(-c3ccc(CNC(=O)c4nc(C(C)(C)CF)no4)c(F)c3)n2)cn1. The van der Waals surface area contributed by atoms with Crippen LogP contribution in [0.25, 0.3) is 28.0 Å². The van der Waals surface area contributed by atoms with Crippen LogP contribution >= 0.6 is 0 Å². The van der Waals surface area contributed by atoms with Gasteiger partial charge in [-0.15, -0.1) is 0 Å². The third kappa shape index (κ3) is 4.32. The largest absolute Gasteiger partial charge is 0.344 e. The molecule has 0 aliphatic heterocycles. The number of aromatic nitrogens is 7. The summed E-state index contributed by atoms with van der Waals surface area (Å²) in [4.78, 5) is 21.1. The van der Waals surface area contributed by atoms with E-state index in [0.29, 0.717) is 22.5 Å². The maximum absolute atomic E-state index is 15.0. The standard InChI is InChI=1S/C24H22F2N8O2/c1-24(2,13-25)23-31-22(36-32-23)21(35)27-9-15-5-4-14(8-17(15)26)20-19-6-7-28-34(19)12-18(30-20)16-10-29-33(3)11-16/h4-8,10-12H,9,13H2,1-3H3,(H,27,35). The summed E-state index contributed by atoms with van der Waals surface area (Å²) in [5, 5.41) is 14.7. The van der Waals surface area contributed by atoms with Crippen molar-refractivity contribution in [2.75, 3.05) is 6.67 Å². The maximum atomic E-state index is 15.0. The highest BCUT2D eigenvalue weighted by Gasteiger charge is 2.28. The first-order valence-electron chi connectivity index (χ1n) is 11.1. The van der Waals surface area contributed by atoms with Crippen LogP contribution in [0, 0.1) is 5.82 Å². The Balaban J connectivity index is 1.37. The third-order valence-corrected chi connectivity index (χ3v) is 5.72. The summed E-state index contributed by atoms with van der Waals surface area (Å²) >= 11 is 0. The lowest BCUT2D eigenvalue weighted by Crippen LogP contribution is -2.25. The van der Waals surface area contributed by atoms with E-state index in [2.05, 4.69) is 25.7 Å². The number of carbonyl (C=O) groups excluding carboxylic acids is 1. The predicted octanol–water partition coefficient (Wildman–Crippen LogP) is 3.50. The number of alkyl halides is 1. The smallest absolute Gasteiger partial charge is 0.315 e. The van der Waals surface area contributed by atoms with Crippen molar-refractivity contribution in [2.45, 2.75) is 25.8 Å². The van der Waals surface area contributed by atoms with Crippen LogP contribution in [-0.4, -0.2) is 47.1 Å². The van der Waals surface area contributed by atoms with Crippen LogP contribution in [0.3, 0.4) is 0 Å². The van der Waals surface area contributed by atoms with E-state index in [-0.39, 0.29) is 23.8 Å². The number of fused-ring (bicyclic) bond motifs is 1. The van der Waals surface area contributed by atoms with Crippen molar-refractivity contribution in [3.05, 3.63) is 72.1 Å². The number of carbonyl (C=O) groups is 1. The Labute approximate surface area is 204 Å². The van der Waals surface area contributed by atoms with Crippen molar-refractivity contribution in [3.8, 4) is 22.5 Å². The van der Waals surface area contributed by atoms with E-state index in [1.807, 2.05) is 13.2 Å². The van der Waals surface area contributed by atoms with Gasteiger partial charge in [-0.2, -0.15) is 15.2 Å². The van der Waals surface area contributed by atoms with Gasteiger partial charge in [-0.1, -0.05) is 31.1 Å². The monoisotopic (exact) mass is 492 g/mol. The summed E-state index contributed by atoms with van der Waals surface area (Å²) in [5.41, 5.74) is 2.53. The van der Waals surface area contributed by atoms with Crippen molar-refractivity contribution >= 4 is 11.4 Å². The molecule has 0 bridgehead atoms. The van der Waals surface area contributed by atoms with Crippen LogP contribution in [0.5, 0.6) is 0 Å². The first kappa shape index (κ1) is 23.3. The molecule has 0 fully saturated rings. The Kier molecular flexibility index (Phi) is 5.78. The molecule has 1 N–H and O–H groups in total. The fourth-order valence-electron chi connectivity index (χ4n) is 3.57. The number of nitrogens with zero attached hydrogens (tertiary/aromatic N) is 7. The van der Waals surface area contributed by atoms with Crippen LogP contribution in [-0.2, 0) is 19.0 Å². The Bertz CT molecular complexity index is 1570. The second kappa shape index (κ2) is 8.95. The highest BCUT2D eigenvalue weighted by molar-refractivity contribution is 5.89. The number of amides is 1. The number of rotatable bonds is 7. The molecule has 0 saturated heterocycles. The second-order valence-electron chi connectivity index (χ2n) is 8.97. The first-order chi connectivity index (χ1) is 17.2. The molecule has 184 valence electrons. The summed E-state index contributed by atoms with van der Waals surface area (Å²) in [6, 6.07) is 6.45. The van der Waals surface area contributed by atoms with Gasteiger partial charge in [-0.05, 0) is 12.1 Å². The molecule has 4 heterocycles. The molecule has 10 nitrogen and oxygen atoms in total. The maximum Gasteiger partial charge on any atom is 0.315 e. The molecule has 0 radical (unpaired) electrons. The van der Waals surface area contributed by atoms with E-state index >= 15 is 4.39 Å². The van der Waals surface area contributed by atoms with Crippen molar-refractivity contribution in [2.24, 2.45) is 7.05 Å². The van der Waals surface area contributed by atoms with Gasteiger partial charge in [-0.3, -0.25) is 13.9 Å². The van der Waals surface area contributed by atoms with Gasteiger partial charge in [0.25, 0.3) is 0 Å². The minimum absolute atomic E-state index is 0.0814. The molecule has 4 aromatic heterocycles. The molecular formula is C24H22F2N8O2. The average Bonchev–Trinajstić information content (AvgIpc) is 3.63. The zero-order valence-electron chi connectivity index (χ0n) is 19.7. The van der Waals surface area contributed by atoms with Crippen molar-refractivity contribution < 1.29 is 18.1 Å². The van der Waals surface area contributed by atoms with Crippen LogP contribution in [0.15, 0.2) is 53.6 Å². The number of nitrogens with one attached hydrogen (secondary N) is 1. The summed E-state index contributed by atoms with van der Waals surface area (Å²) < 4.78 is 36.5. The molecule has 36 heavy (non-hydrogen) atoms. The number of hydrogen-bond acceptors (Lipinski definition) is 7. The lowest BCUT2D eigenvalue weighted by atomic mass is 9.95. The molecule has 12 heteroatoms. The molecule has 0 aliphatic carbocycles. The van der Waals surface area contributed by atoms with E-state index in [1.54, 1.807) is 59.8 Å². The third-order valence-electron chi connectivity index (χ3n) is 5.72. The van der Waals surface area contributed by atoms with Crippen LogP contribution in [0.2, 0.25) is 0 Å². The number of benzene rings is 1. The molecule has 0 unspecified atom stereocenters. The molecular weight excluding hydrogens is 470 g/mol. The molecule has 1 amide bonds. The minimum atomic E-state index is -0.979. The van der Waals surface area contributed by atoms with E-state index < -0.39 is 23.8 Å². The lowest BCUT2D eigenvalue weighted by molar-refractivity contribution is 0.0906. The van der Waals surface area contributed by atoms with Gasteiger partial charge in [0, 0.05) is 36.5 Å². The number of hydrogen-bond donors (Lipinski definition) is 1. The minimum Gasteiger partial charge on any atom is -0.344 e. The van der Waals surface area contributed by atoms with Gasteiger partial charge < -0.3 is 9.84 Å². The summed E-state index contributed by atoms with van der Waals surface area (Å²) in [6.45, 7) is 2.36. The van der Waals surface area contributed by atoms with Gasteiger partial charge >= 0.3 is 11.8 Å². The zero-order chi connectivity index (χ0) is 25.4. The molecule has 1 aromatic carbocycles. The van der Waals surface area contributed by atoms with Gasteiger partial charge in [0.05, 0.1) is 40.9 Å². The topological polar surface area (TPSA) is 116 Å². The molecule has 0 aliphatic rings. The summed E-state index contributed by atoms with van der Waals surface area (Å²) in [6.07, 6.45) is 6.96. The molecule has 5 rings (SSSR count). The fourth-order valence-corrected chi connectivity index (χ4v) is 3.57. The number of aryl methyl sites for hydroxylation is 1. The van der Waals surface area contributed by atoms with Gasteiger partial charge in [0.1, 0.15) is 12.5 Å². The quantitative estimate of drug-likeness (QED) is 0.370. The molecule has 0 atom stereocenters. The Morgan fingerprint density at radius 2 is 1.97 bits per heavy atom. The summed E-state index contributed by atoms with van der Waals surface area (Å²) in [7, 11) is 1.81. The van der Waals surface area contributed by atoms with Crippen molar-refractivity contribution in [1.29, 1.82) is 0 Å². The van der Waals surface area contributed by atoms with Crippen LogP contribution < -0.4 is 5.32 Å². The van der Waals surface area contributed by atoms with Crippen LogP contribution in [0.4, 0.5) is 8.78 Å². The normalized spacial score (nSPS) is 11.8. The van der Waals surface area contributed by atoms with Crippen molar-refractivity contribution in [3.63, 3.8) is 0 Å². The highest BCUT2D eigenvalue weighted by Crippen LogP contribution is 2.28. The average molecular weight is 492 g/mol. The summed E-state index contributed by atoms with van der Waals surface area (Å²) in [5.74, 6) is -1.44. The van der Waals surface area contributed by atoms with E-state index in [9.17, 15) is 9.18 Å². The van der Waals surface area contributed by atoms with Crippen LogP contribution in [0.1, 0.15) is 35.9 Å². The van der Waals surface area contributed by atoms with E-state index in [4.69, 9.17) is 9.51 Å². The molecule has 0 spiro atoms. The van der Waals surface area contributed by atoms with E-state index in [1.165, 1.54) is 6.07 Å². The molecule has 0 saturated carbocycles. The van der Waals surface area contributed by atoms with Gasteiger partial charge in [-0.25, -0.2) is 13.9 Å². The van der Waals surface area contributed by atoms with Gasteiger partial charge in [0.15, 0.2) is 5.82 Å². The lowest BCUT2D eigenvalue weighted by Gasteiger charge is -2.13. The number of halogens is 2. The predicted molar refractivity (Wildman–Crippen MR) is 125 cm³/mol. The Morgan fingerprint density at radius 1 is 1.14 bits per heavy atom. The van der Waals surface area contributed by atoms with Crippen molar-refractivity contribution in [1.82, 2.24) is 39.8 Å². The molecule has 5 aromatic rings. The second-order valence-corrected chi connectivity index (χ2v) is 8.97. The zero-order valence-corrected chi connectivity index (χ0v) is 19.7. The van der Waals surface area contributed by atoms with Gasteiger partial charge in [0.2, 0.25) is 0 Å². The fraction of sp³-hybridized carbons (Fsp3) is 0.250. The Hall–Kier alpha value is -4.48.